The third kappa shape index (κ3) is 2.32. The molecule has 0 radical (unpaired) electrons. The minimum absolute atomic E-state index is 0.230. The third-order valence-electron chi connectivity index (χ3n) is 3.50. The lowest BCUT2D eigenvalue weighted by Gasteiger charge is -2.06. The summed E-state index contributed by atoms with van der Waals surface area (Å²) in [6.45, 7) is 1.03. The van der Waals surface area contributed by atoms with E-state index >= 15 is 0 Å². The first-order chi connectivity index (χ1) is 9.16. The minimum atomic E-state index is -0.230. The Morgan fingerprint density at radius 3 is 3.00 bits per heavy atom. The lowest BCUT2D eigenvalue weighted by Crippen LogP contribution is -2.14. The molecule has 1 aliphatic heterocycles. The Morgan fingerprint density at radius 1 is 1.47 bits per heavy atom. The lowest BCUT2D eigenvalue weighted by atomic mass is 10.1. The lowest BCUT2D eigenvalue weighted by molar-refractivity contribution is 0.605. The maximum atomic E-state index is 13.4. The fourth-order valence-electron chi connectivity index (χ4n) is 2.61. The molecule has 1 aromatic carbocycles. The van der Waals surface area contributed by atoms with E-state index in [-0.39, 0.29) is 5.82 Å². The summed E-state index contributed by atoms with van der Waals surface area (Å²) in [6, 6.07) is 6.90. The molecule has 0 spiro atoms. The van der Waals surface area contributed by atoms with E-state index in [9.17, 15) is 4.39 Å². The summed E-state index contributed by atoms with van der Waals surface area (Å²) in [6.07, 6.45) is 2.27. The van der Waals surface area contributed by atoms with Gasteiger partial charge in [0, 0.05) is 12.6 Å². The van der Waals surface area contributed by atoms with Crippen LogP contribution < -0.4 is 5.32 Å². The van der Waals surface area contributed by atoms with E-state index in [2.05, 4.69) is 26.3 Å². The zero-order chi connectivity index (χ0) is 13.4. The van der Waals surface area contributed by atoms with Gasteiger partial charge in [-0.2, -0.15) is 5.10 Å². The molecule has 100 valence electrons. The molecule has 3 rings (SSSR count). The smallest absolute Gasteiger partial charge is 0.123 e. The molecule has 1 N–H and O–H groups in total. The van der Waals surface area contributed by atoms with Crippen LogP contribution in [0.5, 0.6) is 0 Å². The predicted octanol–water partition coefficient (Wildman–Crippen LogP) is 3.41. The van der Waals surface area contributed by atoms with Crippen molar-refractivity contribution in [2.24, 2.45) is 7.05 Å². The van der Waals surface area contributed by atoms with Gasteiger partial charge in [-0.15, -0.1) is 0 Å². The number of nitrogens with zero attached hydrogens (tertiary/aromatic N) is 2. The molecule has 19 heavy (non-hydrogen) atoms. The maximum Gasteiger partial charge on any atom is 0.123 e. The number of aromatic nitrogens is 2. The molecule has 1 saturated heterocycles. The first-order valence-electron chi connectivity index (χ1n) is 6.38. The van der Waals surface area contributed by atoms with Gasteiger partial charge < -0.3 is 5.32 Å². The molecule has 2 aromatic rings. The van der Waals surface area contributed by atoms with Crippen molar-refractivity contribution >= 4 is 15.9 Å². The number of hydrogen-bond donors (Lipinski definition) is 1. The van der Waals surface area contributed by atoms with E-state index in [4.69, 9.17) is 0 Å². The van der Waals surface area contributed by atoms with Gasteiger partial charge in [0.25, 0.3) is 0 Å². The Kier molecular flexibility index (Phi) is 3.41. The van der Waals surface area contributed by atoms with Crippen molar-refractivity contribution in [3.05, 3.63) is 40.2 Å². The van der Waals surface area contributed by atoms with Gasteiger partial charge in [-0.25, -0.2) is 4.39 Å². The molecule has 1 aromatic heterocycles. The molecule has 1 fully saturated rings. The Balaban J connectivity index is 2.07. The van der Waals surface area contributed by atoms with Gasteiger partial charge in [-0.05, 0) is 47.4 Å². The molecular weight excluding hydrogens is 309 g/mol. The first kappa shape index (κ1) is 12.8. The molecule has 0 aliphatic carbocycles. The molecule has 1 aliphatic rings. The zero-order valence-electron chi connectivity index (χ0n) is 10.7. The second-order valence-corrected chi connectivity index (χ2v) is 5.62. The highest BCUT2D eigenvalue weighted by atomic mass is 79.9. The molecule has 1 unspecified atom stereocenters. The van der Waals surface area contributed by atoms with Crippen LogP contribution in [0.4, 0.5) is 4.39 Å². The molecule has 2 heterocycles. The monoisotopic (exact) mass is 323 g/mol. The number of rotatable bonds is 2. The van der Waals surface area contributed by atoms with E-state index in [1.54, 1.807) is 6.07 Å². The van der Waals surface area contributed by atoms with E-state index in [1.807, 2.05) is 17.8 Å². The highest BCUT2D eigenvalue weighted by Gasteiger charge is 2.25. The van der Waals surface area contributed by atoms with Gasteiger partial charge in [0.1, 0.15) is 5.82 Å². The molecule has 0 amide bonds. The number of hydrogen-bond acceptors (Lipinski definition) is 2. The summed E-state index contributed by atoms with van der Waals surface area (Å²) < 4.78 is 16.1. The van der Waals surface area contributed by atoms with Gasteiger partial charge in [-0.3, -0.25) is 4.68 Å². The summed E-state index contributed by atoms with van der Waals surface area (Å²) in [5.74, 6) is -0.230. The normalized spacial score (nSPS) is 19.0. The van der Waals surface area contributed by atoms with Crippen LogP contribution in [0.3, 0.4) is 0 Å². The second-order valence-electron chi connectivity index (χ2n) is 4.83. The van der Waals surface area contributed by atoms with Crippen LogP contribution in [0.1, 0.15) is 24.6 Å². The number of nitrogens with one attached hydrogen (secondary N) is 1. The highest BCUT2D eigenvalue weighted by molar-refractivity contribution is 9.10. The van der Waals surface area contributed by atoms with Gasteiger partial charge in [0.05, 0.1) is 21.9 Å². The largest absolute Gasteiger partial charge is 0.309 e. The minimum Gasteiger partial charge on any atom is -0.309 e. The van der Waals surface area contributed by atoms with Gasteiger partial charge in [-0.1, -0.05) is 12.1 Å². The van der Waals surface area contributed by atoms with Crippen molar-refractivity contribution < 1.29 is 4.39 Å². The summed E-state index contributed by atoms with van der Waals surface area (Å²) in [7, 11) is 1.89. The van der Waals surface area contributed by atoms with E-state index in [1.165, 1.54) is 18.6 Å². The van der Waals surface area contributed by atoms with Crippen molar-refractivity contribution in [2.45, 2.75) is 18.9 Å². The third-order valence-corrected chi connectivity index (χ3v) is 4.28. The molecule has 0 saturated carbocycles. The molecule has 5 heteroatoms. The molecule has 0 bridgehead atoms. The number of benzene rings is 1. The molecular formula is C14H15BrFN3. The van der Waals surface area contributed by atoms with Crippen molar-refractivity contribution in [1.82, 2.24) is 15.1 Å². The number of halogens is 2. The summed E-state index contributed by atoms with van der Waals surface area (Å²) in [5, 5.41) is 8.02. The average molecular weight is 324 g/mol. The summed E-state index contributed by atoms with van der Waals surface area (Å²) in [4.78, 5) is 0. The van der Waals surface area contributed by atoms with E-state index in [0.29, 0.717) is 6.04 Å². The van der Waals surface area contributed by atoms with Crippen LogP contribution in [0.25, 0.3) is 11.3 Å². The van der Waals surface area contributed by atoms with Crippen LogP contribution in [0.15, 0.2) is 28.7 Å². The van der Waals surface area contributed by atoms with Gasteiger partial charge >= 0.3 is 0 Å². The second kappa shape index (κ2) is 5.06. The van der Waals surface area contributed by atoms with Gasteiger partial charge in [0.2, 0.25) is 0 Å². The fraction of sp³-hybridized carbons (Fsp3) is 0.357. The van der Waals surface area contributed by atoms with Crippen LogP contribution >= 0.6 is 15.9 Å². The SMILES string of the molecule is Cn1nc(C2CCCN2)c(Br)c1-c1cccc(F)c1. The fourth-order valence-corrected chi connectivity index (χ4v) is 3.45. The molecule has 3 nitrogen and oxygen atoms in total. The Labute approximate surface area is 119 Å². The van der Waals surface area contributed by atoms with Crippen LogP contribution in [-0.4, -0.2) is 16.3 Å². The summed E-state index contributed by atoms with van der Waals surface area (Å²) >= 11 is 3.63. The van der Waals surface area contributed by atoms with Crippen LogP contribution in [-0.2, 0) is 7.05 Å². The van der Waals surface area contributed by atoms with Crippen LogP contribution in [0, 0.1) is 5.82 Å². The standard InChI is InChI=1S/C14H15BrFN3/c1-19-14(9-4-2-5-10(16)8-9)12(15)13(18-19)11-6-3-7-17-11/h2,4-5,8,11,17H,3,6-7H2,1H3. The van der Waals surface area contributed by atoms with E-state index in [0.717, 1.165) is 34.4 Å². The van der Waals surface area contributed by atoms with Crippen molar-refractivity contribution in [3.8, 4) is 11.3 Å². The Hall–Kier alpha value is -1.20. The quantitative estimate of drug-likeness (QED) is 0.917. The zero-order valence-corrected chi connectivity index (χ0v) is 12.2. The molecule has 1 atom stereocenters. The Morgan fingerprint density at radius 2 is 2.32 bits per heavy atom. The predicted molar refractivity (Wildman–Crippen MR) is 76.3 cm³/mol. The Bertz CT molecular complexity index is 603. The van der Waals surface area contributed by atoms with Gasteiger partial charge in [0.15, 0.2) is 0 Å². The van der Waals surface area contributed by atoms with Crippen molar-refractivity contribution in [2.75, 3.05) is 6.54 Å². The highest BCUT2D eigenvalue weighted by Crippen LogP contribution is 2.36. The number of aryl methyl sites for hydroxylation is 1. The van der Waals surface area contributed by atoms with Crippen LogP contribution in [0.2, 0.25) is 0 Å². The topological polar surface area (TPSA) is 29.9 Å². The maximum absolute atomic E-state index is 13.4. The first-order valence-corrected chi connectivity index (χ1v) is 7.18. The average Bonchev–Trinajstić information content (AvgIpc) is 2.97. The van der Waals surface area contributed by atoms with Crippen molar-refractivity contribution in [3.63, 3.8) is 0 Å². The summed E-state index contributed by atoms with van der Waals surface area (Å²) in [5.41, 5.74) is 2.77. The van der Waals surface area contributed by atoms with E-state index < -0.39 is 0 Å². The van der Waals surface area contributed by atoms with Crippen molar-refractivity contribution in [1.29, 1.82) is 0 Å².